The standard InChI is InChI=1S/C25H32N2O2/c1-26(2)21-13-19-15-22(16-20(19)14-21)27(3)25(28)23-11-7-8-12-24(23)29-17-18-9-5-4-6-10-18/h4-12,19-22H,13-17H2,1-3H3/t19-,20+,21?,22?. The maximum absolute atomic E-state index is 13.3. The SMILES string of the molecule is CN(C)C1C[C@@H]2CC(N(C)C(=O)c3ccccc3OCc3ccccc3)C[C@@H]2C1. The van der Waals surface area contributed by atoms with Crippen LogP contribution in [0.3, 0.4) is 0 Å². The average Bonchev–Trinajstić information content (AvgIpc) is 3.32. The van der Waals surface area contributed by atoms with Crippen LogP contribution in [0, 0.1) is 11.8 Å². The third kappa shape index (κ3) is 4.32. The lowest BCUT2D eigenvalue weighted by atomic mass is 10.0. The molecule has 0 radical (unpaired) electrons. The molecule has 2 aromatic rings. The summed E-state index contributed by atoms with van der Waals surface area (Å²) in [6.07, 6.45) is 4.80. The highest BCUT2D eigenvalue weighted by molar-refractivity contribution is 5.97. The molecule has 2 saturated carbocycles. The van der Waals surface area contributed by atoms with Crippen molar-refractivity contribution in [2.75, 3.05) is 21.1 Å². The van der Waals surface area contributed by atoms with Crippen LogP contribution in [0.5, 0.6) is 5.75 Å². The summed E-state index contributed by atoms with van der Waals surface area (Å²) in [5.74, 6) is 2.25. The van der Waals surface area contributed by atoms with Crippen LogP contribution in [0.25, 0.3) is 0 Å². The Kier molecular flexibility index (Phi) is 5.91. The number of amides is 1. The Balaban J connectivity index is 1.41. The van der Waals surface area contributed by atoms with E-state index in [1.807, 2.05) is 66.5 Å². The average molecular weight is 393 g/mol. The molecule has 1 amide bonds. The summed E-state index contributed by atoms with van der Waals surface area (Å²) in [7, 11) is 6.34. The molecule has 4 nitrogen and oxygen atoms in total. The molecule has 0 aromatic heterocycles. The third-order valence-electron chi connectivity index (χ3n) is 6.92. The molecule has 154 valence electrons. The van der Waals surface area contributed by atoms with Crippen molar-refractivity contribution in [3.05, 3.63) is 65.7 Å². The molecule has 0 spiro atoms. The largest absolute Gasteiger partial charge is 0.488 e. The molecule has 4 heteroatoms. The van der Waals surface area contributed by atoms with E-state index in [1.165, 1.54) is 12.8 Å². The number of benzene rings is 2. The normalized spacial score (nSPS) is 25.8. The Bertz CT molecular complexity index is 822. The van der Waals surface area contributed by atoms with E-state index in [2.05, 4.69) is 19.0 Å². The Hall–Kier alpha value is -2.33. The number of ether oxygens (including phenoxy) is 1. The number of para-hydroxylation sites is 1. The predicted octanol–water partition coefficient (Wildman–Crippen LogP) is 4.46. The van der Waals surface area contributed by atoms with E-state index in [0.29, 0.717) is 30.0 Å². The van der Waals surface area contributed by atoms with Gasteiger partial charge >= 0.3 is 0 Å². The van der Waals surface area contributed by atoms with Crippen molar-refractivity contribution in [3.63, 3.8) is 0 Å². The highest BCUT2D eigenvalue weighted by atomic mass is 16.5. The fraction of sp³-hybridized carbons (Fsp3) is 0.480. The summed E-state index contributed by atoms with van der Waals surface area (Å²) < 4.78 is 6.02. The summed E-state index contributed by atoms with van der Waals surface area (Å²) in [6, 6.07) is 18.7. The first kappa shape index (κ1) is 20.0. The van der Waals surface area contributed by atoms with Crippen molar-refractivity contribution in [2.45, 2.75) is 44.4 Å². The van der Waals surface area contributed by atoms with Crippen molar-refractivity contribution < 1.29 is 9.53 Å². The molecular formula is C25H32N2O2. The molecule has 2 aromatic carbocycles. The van der Waals surface area contributed by atoms with Crippen LogP contribution >= 0.6 is 0 Å². The second-order valence-electron chi connectivity index (χ2n) is 8.92. The van der Waals surface area contributed by atoms with Crippen LogP contribution < -0.4 is 4.74 Å². The highest BCUT2D eigenvalue weighted by Crippen LogP contribution is 2.46. The number of hydrogen-bond acceptors (Lipinski definition) is 3. The second kappa shape index (κ2) is 8.58. The van der Waals surface area contributed by atoms with Crippen LogP contribution in [-0.2, 0) is 6.61 Å². The number of nitrogens with zero attached hydrogens (tertiary/aromatic N) is 2. The van der Waals surface area contributed by atoms with Gasteiger partial charge in [0, 0.05) is 19.1 Å². The molecular weight excluding hydrogens is 360 g/mol. The molecule has 4 atom stereocenters. The first-order valence-electron chi connectivity index (χ1n) is 10.7. The van der Waals surface area contributed by atoms with Gasteiger partial charge in [-0.3, -0.25) is 4.79 Å². The van der Waals surface area contributed by atoms with Gasteiger partial charge in [0.15, 0.2) is 0 Å². The van der Waals surface area contributed by atoms with E-state index in [9.17, 15) is 4.79 Å². The van der Waals surface area contributed by atoms with Gasteiger partial charge in [0.05, 0.1) is 5.56 Å². The molecule has 2 fully saturated rings. The van der Waals surface area contributed by atoms with E-state index in [4.69, 9.17) is 4.74 Å². The van der Waals surface area contributed by atoms with E-state index < -0.39 is 0 Å². The first-order valence-corrected chi connectivity index (χ1v) is 10.7. The van der Waals surface area contributed by atoms with E-state index in [-0.39, 0.29) is 5.91 Å². The van der Waals surface area contributed by atoms with Gasteiger partial charge in [-0.25, -0.2) is 0 Å². The maximum Gasteiger partial charge on any atom is 0.257 e. The monoisotopic (exact) mass is 392 g/mol. The molecule has 0 N–H and O–H groups in total. The minimum absolute atomic E-state index is 0.0720. The van der Waals surface area contributed by atoms with Gasteiger partial charge in [0.25, 0.3) is 5.91 Å². The number of carbonyl (C=O) groups excluding carboxylic acids is 1. The fourth-order valence-corrected chi connectivity index (χ4v) is 5.15. The molecule has 0 saturated heterocycles. The topological polar surface area (TPSA) is 32.8 Å². The van der Waals surface area contributed by atoms with Crippen LogP contribution in [0.1, 0.15) is 41.6 Å². The molecule has 2 aliphatic rings. The zero-order valence-electron chi connectivity index (χ0n) is 17.8. The highest BCUT2D eigenvalue weighted by Gasteiger charge is 2.44. The molecule has 4 rings (SSSR count). The lowest BCUT2D eigenvalue weighted by molar-refractivity contribution is 0.0721. The fourth-order valence-electron chi connectivity index (χ4n) is 5.15. The van der Waals surface area contributed by atoms with E-state index in [1.54, 1.807) is 0 Å². The van der Waals surface area contributed by atoms with Crippen molar-refractivity contribution in [2.24, 2.45) is 11.8 Å². The van der Waals surface area contributed by atoms with E-state index in [0.717, 1.165) is 30.2 Å². The summed E-state index contributed by atoms with van der Waals surface area (Å²) in [5.41, 5.74) is 1.76. The van der Waals surface area contributed by atoms with Crippen molar-refractivity contribution in [1.29, 1.82) is 0 Å². The second-order valence-corrected chi connectivity index (χ2v) is 8.92. The summed E-state index contributed by atoms with van der Waals surface area (Å²) in [4.78, 5) is 17.6. The Labute approximate surface area is 174 Å². The van der Waals surface area contributed by atoms with Crippen molar-refractivity contribution in [3.8, 4) is 5.75 Å². The maximum atomic E-state index is 13.3. The number of fused-ring (bicyclic) bond motifs is 1. The Morgan fingerprint density at radius 3 is 2.10 bits per heavy atom. The van der Waals surface area contributed by atoms with Crippen LogP contribution in [0.15, 0.2) is 54.6 Å². The van der Waals surface area contributed by atoms with Gasteiger partial charge in [0.2, 0.25) is 0 Å². The molecule has 0 heterocycles. The summed E-state index contributed by atoms with van der Waals surface area (Å²) >= 11 is 0. The first-order chi connectivity index (χ1) is 14.0. The predicted molar refractivity (Wildman–Crippen MR) is 116 cm³/mol. The minimum Gasteiger partial charge on any atom is -0.488 e. The van der Waals surface area contributed by atoms with Gasteiger partial charge in [0.1, 0.15) is 12.4 Å². The van der Waals surface area contributed by atoms with Crippen LogP contribution in [0.2, 0.25) is 0 Å². The molecule has 29 heavy (non-hydrogen) atoms. The number of rotatable bonds is 6. The zero-order valence-corrected chi connectivity index (χ0v) is 17.8. The lowest BCUT2D eigenvalue weighted by Gasteiger charge is -2.27. The van der Waals surface area contributed by atoms with Gasteiger partial charge in [-0.2, -0.15) is 0 Å². The molecule has 2 aliphatic carbocycles. The third-order valence-corrected chi connectivity index (χ3v) is 6.92. The van der Waals surface area contributed by atoms with Gasteiger partial charge < -0.3 is 14.5 Å². The van der Waals surface area contributed by atoms with Crippen molar-refractivity contribution in [1.82, 2.24) is 9.80 Å². The van der Waals surface area contributed by atoms with E-state index >= 15 is 0 Å². The van der Waals surface area contributed by atoms with Gasteiger partial charge in [-0.15, -0.1) is 0 Å². The summed E-state index contributed by atoms with van der Waals surface area (Å²) in [6.45, 7) is 0.467. The molecule has 0 bridgehead atoms. The van der Waals surface area contributed by atoms with Gasteiger partial charge in [-0.05, 0) is 69.3 Å². The quantitative estimate of drug-likeness (QED) is 0.728. The lowest BCUT2D eigenvalue weighted by Crippen LogP contribution is -2.36. The Morgan fingerprint density at radius 1 is 0.862 bits per heavy atom. The Morgan fingerprint density at radius 2 is 1.45 bits per heavy atom. The minimum atomic E-state index is 0.0720. The zero-order chi connectivity index (χ0) is 20.4. The van der Waals surface area contributed by atoms with Crippen LogP contribution in [0.4, 0.5) is 0 Å². The van der Waals surface area contributed by atoms with Gasteiger partial charge in [-0.1, -0.05) is 42.5 Å². The van der Waals surface area contributed by atoms with Crippen LogP contribution in [-0.4, -0.2) is 48.9 Å². The van der Waals surface area contributed by atoms with Crippen molar-refractivity contribution >= 4 is 5.91 Å². The molecule has 0 aliphatic heterocycles. The molecule has 2 unspecified atom stereocenters. The smallest absolute Gasteiger partial charge is 0.257 e. The number of carbonyl (C=O) groups is 1. The summed E-state index contributed by atoms with van der Waals surface area (Å²) in [5, 5.41) is 0. The number of hydrogen-bond donors (Lipinski definition) is 0.